The van der Waals surface area contributed by atoms with E-state index >= 15 is 0 Å². The lowest BCUT2D eigenvalue weighted by Gasteiger charge is -2.36. The zero-order valence-electron chi connectivity index (χ0n) is 17.4. The number of aliphatic imine (C=N–C) groups is 1. The Labute approximate surface area is 172 Å². The van der Waals surface area contributed by atoms with Gasteiger partial charge in [0.2, 0.25) is 5.91 Å². The summed E-state index contributed by atoms with van der Waals surface area (Å²) < 4.78 is 5.21. The third kappa shape index (κ3) is 6.24. The fraction of sp³-hybridized carbons (Fsp3) is 0.667. The van der Waals surface area contributed by atoms with Crippen LogP contribution in [0.5, 0.6) is 0 Å². The molecule has 8 heteroatoms. The van der Waals surface area contributed by atoms with Gasteiger partial charge in [0.25, 0.3) is 5.91 Å². The molecule has 0 atom stereocenters. The van der Waals surface area contributed by atoms with E-state index in [1.54, 1.807) is 17.0 Å². The number of furan rings is 1. The van der Waals surface area contributed by atoms with Crippen LogP contribution >= 0.6 is 0 Å². The van der Waals surface area contributed by atoms with Crippen LogP contribution in [0.3, 0.4) is 0 Å². The first kappa shape index (κ1) is 21.2. The number of hydrogen-bond acceptors (Lipinski definition) is 4. The summed E-state index contributed by atoms with van der Waals surface area (Å²) in [5, 5.41) is 6.44. The van der Waals surface area contributed by atoms with Crippen LogP contribution in [-0.2, 0) is 4.79 Å². The van der Waals surface area contributed by atoms with Crippen LogP contribution in [0.2, 0.25) is 0 Å². The van der Waals surface area contributed by atoms with Crippen molar-refractivity contribution in [1.29, 1.82) is 0 Å². The van der Waals surface area contributed by atoms with Crippen LogP contribution < -0.4 is 10.6 Å². The highest BCUT2D eigenvalue weighted by atomic mass is 16.3. The third-order valence-electron chi connectivity index (χ3n) is 5.50. The second-order valence-corrected chi connectivity index (χ2v) is 7.64. The third-order valence-corrected chi connectivity index (χ3v) is 5.50. The van der Waals surface area contributed by atoms with E-state index in [9.17, 15) is 9.59 Å². The molecule has 2 heterocycles. The predicted molar refractivity (Wildman–Crippen MR) is 112 cm³/mol. The highest BCUT2D eigenvalue weighted by molar-refractivity contribution is 5.91. The molecule has 0 unspecified atom stereocenters. The number of nitrogens with zero attached hydrogens (tertiary/aromatic N) is 3. The Morgan fingerprint density at radius 3 is 2.52 bits per heavy atom. The summed E-state index contributed by atoms with van der Waals surface area (Å²) in [6, 6.07) is 3.76. The van der Waals surface area contributed by atoms with E-state index in [1.807, 2.05) is 6.92 Å². The Morgan fingerprint density at radius 2 is 1.86 bits per heavy atom. The Kier molecular flexibility index (Phi) is 7.95. The zero-order chi connectivity index (χ0) is 20.5. The van der Waals surface area contributed by atoms with Crippen molar-refractivity contribution in [2.75, 3.05) is 39.3 Å². The molecule has 0 bridgehead atoms. The molecule has 2 amide bonds. The molecule has 29 heavy (non-hydrogen) atoms. The molecule has 0 radical (unpaired) electrons. The molecule has 1 aromatic rings. The average molecular weight is 404 g/mol. The maximum Gasteiger partial charge on any atom is 0.289 e. The summed E-state index contributed by atoms with van der Waals surface area (Å²) in [5.41, 5.74) is 0. The van der Waals surface area contributed by atoms with Crippen molar-refractivity contribution in [3.63, 3.8) is 0 Å². The van der Waals surface area contributed by atoms with Gasteiger partial charge in [-0.25, -0.2) is 0 Å². The van der Waals surface area contributed by atoms with Gasteiger partial charge in [0.15, 0.2) is 11.7 Å². The van der Waals surface area contributed by atoms with E-state index in [1.165, 1.54) is 25.5 Å². The van der Waals surface area contributed by atoms with Crippen LogP contribution in [0.4, 0.5) is 0 Å². The molecule has 160 valence electrons. The highest BCUT2D eigenvalue weighted by Gasteiger charge is 2.25. The van der Waals surface area contributed by atoms with E-state index in [0.29, 0.717) is 50.9 Å². The maximum absolute atomic E-state index is 12.4. The van der Waals surface area contributed by atoms with Gasteiger partial charge in [-0.15, -0.1) is 0 Å². The molecule has 1 aromatic heterocycles. The molecule has 1 aliphatic heterocycles. The Morgan fingerprint density at radius 1 is 1.14 bits per heavy atom. The summed E-state index contributed by atoms with van der Waals surface area (Å²) in [4.78, 5) is 33.2. The number of rotatable bonds is 6. The molecule has 2 fully saturated rings. The van der Waals surface area contributed by atoms with Crippen LogP contribution in [0.25, 0.3) is 0 Å². The Bertz CT molecular complexity index is 674. The van der Waals surface area contributed by atoms with Crippen molar-refractivity contribution in [2.45, 2.75) is 51.5 Å². The molecular formula is C21H33N5O3. The number of carbonyl (C=O) groups is 2. The zero-order valence-corrected chi connectivity index (χ0v) is 17.4. The van der Waals surface area contributed by atoms with E-state index in [2.05, 4.69) is 20.5 Å². The quantitative estimate of drug-likeness (QED) is 0.559. The monoisotopic (exact) mass is 403 g/mol. The number of amides is 2. The summed E-state index contributed by atoms with van der Waals surface area (Å²) in [7, 11) is 0. The van der Waals surface area contributed by atoms with Gasteiger partial charge >= 0.3 is 0 Å². The molecule has 1 saturated heterocycles. The Balaban J connectivity index is 1.45. The van der Waals surface area contributed by atoms with Crippen molar-refractivity contribution in [3.05, 3.63) is 24.2 Å². The minimum absolute atomic E-state index is 0.0732. The van der Waals surface area contributed by atoms with Crippen molar-refractivity contribution in [1.82, 2.24) is 20.4 Å². The summed E-state index contributed by atoms with van der Waals surface area (Å²) in [6.07, 6.45) is 7.82. The summed E-state index contributed by atoms with van der Waals surface area (Å²) in [6.45, 7) is 5.89. The van der Waals surface area contributed by atoms with Crippen molar-refractivity contribution >= 4 is 17.8 Å². The van der Waals surface area contributed by atoms with Gasteiger partial charge in [-0.1, -0.05) is 19.3 Å². The minimum Gasteiger partial charge on any atom is -0.459 e. The summed E-state index contributed by atoms with van der Waals surface area (Å²) in [5.74, 6) is 1.20. The first-order chi connectivity index (χ1) is 14.2. The van der Waals surface area contributed by atoms with Gasteiger partial charge in [0.05, 0.1) is 12.8 Å². The van der Waals surface area contributed by atoms with Gasteiger partial charge < -0.3 is 24.9 Å². The van der Waals surface area contributed by atoms with Gasteiger partial charge in [-0.3, -0.25) is 14.6 Å². The highest BCUT2D eigenvalue weighted by Crippen LogP contribution is 2.17. The lowest BCUT2D eigenvalue weighted by atomic mass is 9.95. The maximum atomic E-state index is 12.4. The number of carbonyl (C=O) groups excluding carboxylic acids is 2. The SMILES string of the molecule is CCNC(=NCCC(=O)NC1CCCCC1)N1CCN(C(=O)c2ccco2)CC1. The van der Waals surface area contributed by atoms with Crippen LogP contribution in [0.1, 0.15) is 56.0 Å². The standard InChI is InChI=1S/C21H33N5O3/c1-2-22-21(23-11-10-19(27)24-17-7-4-3-5-8-17)26-14-12-25(13-15-26)20(28)18-9-6-16-29-18/h6,9,16-17H,2-5,7-8,10-15H2,1H3,(H,22,23)(H,24,27). The smallest absolute Gasteiger partial charge is 0.289 e. The van der Waals surface area contributed by atoms with Crippen molar-refractivity contribution in [2.24, 2.45) is 4.99 Å². The van der Waals surface area contributed by atoms with E-state index < -0.39 is 0 Å². The largest absolute Gasteiger partial charge is 0.459 e. The first-order valence-corrected chi connectivity index (χ1v) is 10.8. The molecule has 1 aliphatic carbocycles. The van der Waals surface area contributed by atoms with Crippen LogP contribution in [0, 0.1) is 0 Å². The fourth-order valence-corrected chi connectivity index (χ4v) is 3.91. The van der Waals surface area contributed by atoms with E-state index in [4.69, 9.17) is 4.42 Å². The van der Waals surface area contributed by atoms with Crippen molar-refractivity contribution in [3.8, 4) is 0 Å². The molecule has 0 aromatic carbocycles. The normalized spacial score (nSPS) is 18.6. The lowest BCUT2D eigenvalue weighted by molar-refractivity contribution is -0.121. The number of piperazine rings is 1. The number of guanidine groups is 1. The van der Waals surface area contributed by atoms with Gasteiger partial charge in [0.1, 0.15) is 0 Å². The predicted octanol–water partition coefficient (Wildman–Crippen LogP) is 1.84. The molecule has 8 nitrogen and oxygen atoms in total. The fourth-order valence-electron chi connectivity index (χ4n) is 3.91. The molecule has 2 aliphatic rings. The van der Waals surface area contributed by atoms with Gasteiger partial charge in [0, 0.05) is 45.2 Å². The minimum atomic E-state index is -0.0732. The average Bonchev–Trinajstić information content (AvgIpc) is 3.28. The second kappa shape index (κ2) is 10.9. The van der Waals surface area contributed by atoms with Crippen LogP contribution in [-0.4, -0.2) is 72.9 Å². The number of nitrogens with one attached hydrogen (secondary N) is 2. The molecule has 2 N–H and O–H groups in total. The summed E-state index contributed by atoms with van der Waals surface area (Å²) >= 11 is 0. The molecule has 3 rings (SSSR count). The second-order valence-electron chi connectivity index (χ2n) is 7.64. The molecule has 0 spiro atoms. The van der Waals surface area contributed by atoms with E-state index in [-0.39, 0.29) is 11.8 Å². The van der Waals surface area contributed by atoms with Crippen LogP contribution in [0.15, 0.2) is 27.8 Å². The van der Waals surface area contributed by atoms with Crippen molar-refractivity contribution < 1.29 is 14.0 Å². The number of hydrogen-bond donors (Lipinski definition) is 2. The van der Waals surface area contributed by atoms with Gasteiger partial charge in [-0.05, 0) is 31.9 Å². The molecule has 1 saturated carbocycles. The first-order valence-electron chi connectivity index (χ1n) is 10.8. The Hall–Kier alpha value is -2.51. The van der Waals surface area contributed by atoms with Gasteiger partial charge in [-0.2, -0.15) is 0 Å². The van der Waals surface area contributed by atoms with E-state index in [0.717, 1.165) is 25.3 Å². The topological polar surface area (TPSA) is 90.2 Å². The lowest BCUT2D eigenvalue weighted by Crippen LogP contribution is -2.53. The molecular weight excluding hydrogens is 370 g/mol.